The third kappa shape index (κ3) is 3.18. The normalized spacial score (nSPS) is 26.9. The molecule has 2 saturated heterocycles. The number of amides is 1. The molecule has 0 bridgehead atoms. The van der Waals surface area contributed by atoms with Crippen LogP contribution in [0.5, 0.6) is 0 Å². The molecule has 0 atom stereocenters. The van der Waals surface area contributed by atoms with Crippen LogP contribution >= 0.6 is 0 Å². The van der Waals surface area contributed by atoms with Gasteiger partial charge in [0.1, 0.15) is 0 Å². The molecule has 0 aromatic heterocycles. The lowest BCUT2D eigenvalue weighted by molar-refractivity contribution is -0.140. The summed E-state index contributed by atoms with van der Waals surface area (Å²) >= 11 is 0. The predicted octanol–water partition coefficient (Wildman–Crippen LogP) is 1.29. The first-order valence-corrected chi connectivity index (χ1v) is 10.3. The van der Waals surface area contributed by atoms with Crippen LogP contribution in [-0.2, 0) is 14.6 Å². The van der Waals surface area contributed by atoms with Crippen molar-refractivity contribution in [2.24, 2.45) is 5.92 Å². The van der Waals surface area contributed by atoms with E-state index in [1.54, 1.807) is 4.90 Å². The Kier molecular flexibility index (Phi) is 4.78. The maximum absolute atomic E-state index is 12.6. The summed E-state index contributed by atoms with van der Waals surface area (Å²) in [6, 6.07) is 0. The molecule has 0 N–H and O–H groups in total. The summed E-state index contributed by atoms with van der Waals surface area (Å²) in [6.45, 7) is 2.80. The van der Waals surface area contributed by atoms with Crippen LogP contribution in [0.15, 0.2) is 0 Å². The average molecular weight is 328 g/mol. The Morgan fingerprint density at radius 3 is 2.09 bits per heavy atom. The summed E-state index contributed by atoms with van der Waals surface area (Å²) in [6.07, 6.45) is 6.70. The molecule has 1 saturated carbocycles. The van der Waals surface area contributed by atoms with E-state index in [1.807, 2.05) is 0 Å². The number of carbonyl (C=O) groups excluding carboxylic acids is 1. The molecular weight excluding hydrogens is 300 g/mol. The van der Waals surface area contributed by atoms with Crippen molar-refractivity contribution in [3.8, 4) is 0 Å². The number of likely N-dealkylation sites (tertiary alicyclic amines) is 2. The summed E-state index contributed by atoms with van der Waals surface area (Å²) in [5.41, 5.74) is 0. The maximum Gasteiger partial charge on any atom is 0.225 e. The Labute approximate surface area is 134 Å². The second kappa shape index (κ2) is 6.48. The quantitative estimate of drug-likeness (QED) is 0.783. The highest BCUT2D eigenvalue weighted by atomic mass is 32.2. The molecule has 6 heteroatoms. The van der Waals surface area contributed by atoms with Gasteiger partial charge in [0.05, 0.1) is 10.5 Å². The molecule has 22 heavy (non-hydrogen) atoms. The molecule has 0 aromatic rings. The van der Waals surface area contributed by atoms with E-state index < -0.39 is 9.84 Å². The van der Waals surface area contributed by atoms with Gasteiger partial charge < -0.3 is 9.80 Å². The summed E-state index contributed by atoms with van der Waals surface area (Å²) < 4.78 is 25.2. The second-order valence-electron chi connectivity index (χ2n) is 7.29. The topological polar surface area (TPSA) is 57.7 Å². The zero-order valence-corrected chi connectivity index (χ0v) is 14.4. The van der Waals surface area contributed by atoms with Crippen molar-refractivity contribution in [3.05, 3.63) is 0 Å². The zero-order valence-electron chi connectivity index (χ0n) is 13.5. The van der Waals surface area contributed by atoms with Gasteiger partial charge in [0.25, 0.3) is 0 Å². The number of hydrogen-bond acceptors (Lipinski definition) is 4. The average Bonchev–Trinajstić information content (AvgIpc) is 2.47. The molecule has 0 radical (unpaired) electrons. The van der Waals surface area contributed by atoms with Gasteiger partial charge in [0, 0.05) is 19.0 Å². The van der Waals surface area contributed by atoms with E-state index in [2.05, 4.69) is 11.9 Å². The summed E-state index contributed by atoms with van der Waals surface area (Å²) in [4.78, 5) is 16.5. The molecule has 3 rings (SSSR count). The maximum atomic E-state index is 12.6. The fourth-order valence-electron chi connectivity index (χ4n) is 4.01. The van der Waals surface area contributed by atoms with Crippen molar-refractivity contribution in [1.29, 1.82) is 0 Å². The van der Waals surface area contributed by atoms with Crippen molar-refractivity contribution >= 4 is 15.7 Å². The van der Waals surface area contributed by atoms with Gasteiger partial charge in [0.2, 0.25) is 5.91 Å². The van der Waals surface area contributed by atoms with E-state index in [-0.39, 0.29) is 22.3 Å². The highest BCUT2D eigenvalue weighted by Crippen LogP contribution is 2.31. The number of sulfone groups is 1. The van der Waals surface area contributed by atoms with Crippen LogP contribution < -0.4 is 0 Å². The van der Waals surface area contributed by atoms with E-state index in [4.69, 9.17) is 0 Å². The minimum atomic E-state index is -3.03. The van der Waals surface area contributed by atoms with Crippen molar-refractivity contribution in [2.75, 3.05) is 33.2 Å². The Morgan fingerprint density at radius 2 is 1.50 bits per heavy atom. The van der Waals surface area contributed by atoms with Crippen molar-refractivity contribution in [1.82, 2.24) is 9.80 Å². The summed E-state index contributed by atoms with van der Waals surface area (Å²) in [7, 11) is -0.953. The molecule has 3 fully saturated rings. The zero-order chi connectivity index (χ0) is 15.7. The summed E-state index contributed by atoms with van der Waals surface area (Å²) in [5, 5.41) is -0.447. The monoisotopic (exact) mass is 328 g/mol. The summed E-state index contributed by atoms with van der Waals surface area (Å²) in [5.74, 6) is 0.290. The third-order valence-electron chi connectivity index (χ3n) is 5.71. The Hall–Kier alpha value is -0.620. The molecule has 0 spiro atoms. The fourth-order valence-corrected chi connectivity index (χ4v) is 6.32. The third-order valence-corrected chi connectivity index (χ3v) is 8.34. The lowest BCUT2D eigenvalue weighted by Crippen LogP contribution is -2.60. The lowest BCUT2D eigenvalue weighted by atomic mass is 9.94. The van der Waals surface area contributed by atoms with Crippen LogP contribution in [0.3, 0.4) is 0 Å². The first kappa shape index (κ1) is 16.2. The Balaban J connectivity index is 1.51. The molecule has 2 heterocycles. The van der Waals surface area contributed by atoms with Gasteiger partial charge >= 0.3 is 0 Å². The van der Waals surface area contributed by atoms with Crippen LogP contribution in [0.4, 0.5) is 0 Å². The molecule has 0 unspecified atom stereocenters. The van der Waals surface area contributed by atoms with Gasteiger partial charge in [0.15, 0.2) is 9.84 Å². The van der Waals surface area contributed by atoms with E-state index in [9.17, 15) is 13.2 Å². The van der Waals surface area contributed by atoms with Gasteiger partial charge in [-0.3, -0.25) is 4.79 Å². The fraction of sp³-hybridized carbons (Fsp3) is 0.938. The van der Waals surface area contributed by atoms with Crippen LogP contribution in [0.1, 0.15) is 44.9 Å². The van der Waals surface area contributed by atoms with E-state index in [0.717, 1.165) is 58.0 Å². The molecule has 5 nitrogen and oxygen atoms in total. The highest BCUT2D eigenvalue weighted by Gasteiger charge is 2.44. The standard InChI is InChI=1S/C16H28N2O3S/c1-17-9-7-13(8-10-17)16(19)18-11-15(12-18)22(20,21)14-5-3-2-4-6-14/h13-15H,2-12H2,1H3. The molecule has 2 aliphatic heterocycles. The molecule has 1 aliphatic carbocycles. The minimum absolute atomic E-state index is 0.106. The van der Waals surface area contributed by atoms with E-state index in [1.165, 1.54) is 0 Å². The number of carbonyl (C=O) groups is 1. The smallest absolute Gasteiger partial charge is 0.225 e. The minimum Gasteiger partial charge on any atom is -0.340 e. The second-order valence-corrected chi connectivity index (χ2v) is 9.80. The predicted molar refractivity (Wildman–Crippen MR) is 86.4 cm³/mol. The molecule has 126 valence electrons. The Morgan fingerprint density at radius 1 is 0.909 bits per heavy atom. The van der Waals surface area contributed by atoms with Gasteiger partial charge in [-0.1, -0.05) is 19.3 Å². The van der Waals surface area contributed by atoms with Gasteiger partial charge in [-0.2, -0.15) is 0 Å². The SMILES string of the molecule is CN1CCC(C(=O)N2CC(S(=O)(=O)C3CCCCC3)C2)CC1. The largest absolute Gasteiger partial charge is 0.340 e. The van der Waals surface area contributed by atoms with Gasteiger partial charge in [-0.05, 0) is 45.8 Å². The van der Waals surface area contributed by atoms with E-state index >= 15 is 0 Å². The first-order valence-electron chi connectivity index (χ1n) is 8.68. The molecular formula is C16H28N2O3S. The lowest BCUT2D eigenvalue weighted by Gasteiger charge is -2.43. The molecule has 3 aliphatic rings. The van der Waals surface area contributed by atoms with Crippen LogP contribution in [0, 0.1) is 5.92 Å². The number of nitrogens with zero attached hydrogens (tertiary/aromatic N) is 2. The molecule has 0 aromatic carbocycles. The van der Waals surface area contributed by atoms with Gasteiger partial charge in [-0.25, -0.2) is 8.42 Å². The highest BCUT2D eigenvalue weighted by molar-refractivity contribution is 7.92. The Bertz CT molecular complexity index is 499. The number of hydrogen-bond donors (Lipinski definition) is 0. The van der Waals surface area contributed by atoms with Crippen molar-refractivity contribution < 1.29 is 13.2 Å². The number of rotatable bonds is 3. The number of piperidine rings is 1. The van der Waals surface area contributed by atoms with Crippen LogP contribution in [0.25, 0.3) is 0 Å². The van der Waals surface area contributed by atoms with Crippen LogP contribution in [-0.4, -0.2) is 67.9 Å². The molecule has 1 amide bonds. The van der Waals surface area contributed by atoms with Crippen molar-refractivity contribution in [2.45, 2.75) is 55.4 Å². The van der Waals surface area contributed by atoms with Crippen LogP contribution in [0.2, 0.25) is 0 Å². The van der Waals surface area contributed by atoms with E-state index in [0.29, 0.717) is 13.1 Å². The van der Waals surface area contributed by atoms with Gasteiger partial charge in [-0.15, -0.1) is 0 Å². The first-order chi connectivity index (χ1) is 10.5. The van der Waals surface area contributed by atoms with Crippen molar-refractivity contribution in [3.63, 3.8) is 0 Å².